The number of rotatable bonds is 1. The molecule has 0 atom stereocenters. The van der Waals surface area contributed by atoms with E-state index in [4.69, 9.17) is 5.84 Å². The van der Waals surface area contributed by atoms with Crippen LogP contribution in [0.15, 0.2) is 54.6 Å². The van der Waals surface area contributed by atoms with Gasteiger partial charge in [-0.25, -0.2) is 0 Å². The minimum absolute atomic E-state index is 1.09. The molecule has 2 heterocycles. The van der Waals surface area contributed by atoms with Gasteiger partial charge in [0, 0.05) is 23.7 Å². The van der Waals surface area contributed by atoms with Crippen LogP contribution in [0.1, 0.15) is 5.69 Å². The number of nitrogens with zero attached hydrogens (tertiary/aromatic N) is 2. The SMILES string of the molecule is Cc1c(-c2ccccc2)c2c(c3ccccc3n2C)n1N. The molecular formula is C18H17N3. The molecule has 0 radical (unpaired) electrons. The zero-order chi connectivity index (χ0) is 14.6. The third-order valence-electron chi connectivity index (χ3n) is 4.34. The van der Waals surface area contributed by atoms with Crippen LogP contribution in [0.2, 0.25) is 0 Å². The summed E-state index contributed by atoms with van der Waals surface area (Å²) in [4.78, 5) is 0. The van der Waals surface area contributed by atoms with Gasteiger partial charge in [-0.1, -0.05) is 48.5 Å². The molecule has 104 valence electrons. The van der Waals surface area contributed by atoms with Crippen LogP contribution in [0.3, 0.4) is 0 Å². The van der Waals surface area contributed by atoms with Crippen molar-refractivity contribution in [3.63, 3.8) is 0 Å². The highest BCUT2D eigenvalue weighted by atomic mass is 15.3. The lowest BCUT2D eigenvalue weighted by Crippen LogP contribution is -2.09. The van der Waals surface area contributed by atoms with Crippen molar-refractivity contribution in [1.29, 1.82) is 0 Å². The summed E-state index contributed by atoms with van der Waals surface area (Å²) in [7, 11) is 2.11. The van der Waals surface area contributed by atoms with E-state index in [0.717, 1.165) is 11.2 Å². The fraction of sp³-hybridized carbons (Fsp3) is 0.111. The molecule has 0 amide bonds. The molecule has 0 unspecified atom stereocenters. The number of hydrogen-bond donors (Lipinski definition) is 1. The van der Waals surface area contributed by atoms with Crippen molar-refractivity contribution in [3.8, 4) is 11.1 Å². The lowest BCUT2D eigenvalue weighted by Gasteiger charge is -2.05. The summed E-state index contributed by atoms with van der Waals surface area (Å²) in [6, 6.07) is 18.8. The van der Waals surface area contributed by atoms with Crippen LogP contribution in [0, 0.1) is 6.92 Å². The summed E-state index contributed by atoms with van der Waals surface area (Å²) < 4.78 is 4.06. The number of aromatic nitrogens is 2. The Morgan fingerprint density at radius 2 is 1.52 bits per heavy atom. The highest BCUT2D eigenvalue weighted by molar-refractivity contribution is 6.12. The van der Waals surface area contributed by atoms with Gasteiger partial charge >= 0.3 is 0 Å². The summed E-state index contributed by atoms with van der Waals surface area (Å²) in [5, 5.41) is 1.20. The standard InChI is InChI=1S/C18H17N3/c1-12-16(13-8-4-3-5-9-13)18-17(21(12)19)14-10-6-7-11-15(14)20(18)2/h3-11H,19H2,1-2H3. The second-order valence-corrected chi connectivity index (χ2v) is 5.47. The van der Waals surface area contributed by atoms with Gasteiger partial charge in [0.15, 0.2) is 0 Å². The largest absolute Gasteiger partial charge is 0.342 e. The van der Waals surface area contributed by atoms with Crippen LogP contribution in [-0.2, 0) is 7.05 Å². The van der Waals surface area contributed by atoms with E-state index in [1.165, 1.54) is 27.5 Å². The van der Waals surface area contributed by atoms with E-state index in [1.54, 1.807) is 0 Å². The van der Waals surface area contributed by atoms with Gasteiger partial charge < -0.3 is 10.4 Å². The molecule has 4 aromatic rings. The lowest BCUT2D eigenvalue weighted by molar-refractivity contribution is 1.01. The quantitative estimate of drug-likeness (QED) is 0.527. The lowest BCUT2D eigenvalue weighted by atomic mass is 10.1. The van der Waals surface area contributed by atoms with Gasteiger partial charge in [0.25, 0.3) is 0 Å². The molecule has 0 aliphatic heterocycles. The molecule has 2 aromatic heterocycles. The third-order valence-corrected chi connectivity index (χ3v) is 4.34. The van der Waals surface area contributed by atoms with E-state index < -0.39 is 0 Å². The van der Waals surface area contributed by atoms with Gasteiger partial charge in [-0.3, -0.25) is 4.68 Å². The summed E-state index contributed by atoms with van der Waals surface area (Å²) in [5.41, 5.74) is 7.01. The Labute approximate surface area is 123 Å². The van der Waals surface area contributed by atoms with Crippen molar-refractivity contribution in [3.05, 3.63) is 60.3 Å². The van der Waals surface area contributed by atoms with Crippen LogP contribution in [0.5, 0.6) is 0 Å². The number of aryl methyl sites for hydroxylation is 1. The number of nitrogens with two attached hydrogens (primary N) is 1. The van der Waals surface area contributed by atoms with E-state index in [9.17, 15) is 0 Å². The van der Waals surface area contributed by atoms with Crippen molar-refractivity contribution in [2.24, 2.45) is 7.05 Å². The molecule has 3 heteroatoms. The molecule has 0 aliphatic rings. The Balaban J connectivity index is 2.25. The molecule has 21 heavy (non-hydrogen) atoms. The fourth-order valence-electron chi connectivity index (χ4n) is 3.31. The number of hydrogen-bond acceptors (Lipinski definition) is 1. The number of fused-ring (bicyclic) bond motifs is 3. The predicted molar refractivity (Wildman–Crippen MR) is 88.7 cm³/mol. The summed E-state index contributed by atoms with van der Waals surface area (Å²) in [5.74, 6) is 6.36. The van der Waals surface area contributed by atoms with E-state index in [2.05, 4.69) is 67.1 Å². The first-order valence-corrected chi connectivity index (χ1v) is 7.09. The Morgan fingerprint density at radius 1 is 0.857 bits per heavy atom. The highest BCUT2D eigenvalue weighted by Gasteiger charge is 2.20. The van der Waals surface area contributed by atoms with Gasteiger partial charge in [0.1, 0.15) is 0 Å². The highest BCUT2D eigenvalue weighted by Crippen LogP contribution is 2.38. The maximum Gasteiger partial charge on any atom is 0.0957 e. The average molecular weight is 275 g/mol. The smallest absolute Gasteiger partial charge is 0.0957 e. The van der Waals surface area contributed by atoms with E-state index in [-0.39, 0.29) is 0 Å². The second-order valence-electron chi connectivity index (χ2n) is 5.47. The van der Waals surface area contributed by atoms with Crippen molar-refractivity contribution >= 4 is 21.9 Å². The fourth-order valence-corrected chi connectivity index (χ4v) is 3.31. The van der Waals surface area contributed by atoms with Crippen LogP contribution >= 0.6 is 0 Å². The molecule has 0 saturated heterocycles. The maximum atomic E-state index is 6.36. The second kappa shape index (κ2) is 4.16. The molecule has 2 aromatic carbocycles. The van der Waals surface area contributed by atoms with Crippen molar-refractivity contribution < 1.29 is 0 Å². The van der Waals surface area contributed by atoms with Crippen molar-refractivity contribution in [2.45, 2.75) is 6.92 Å². The monoisotopic (exact) mass is 275 g/mol. The summed E-state index contributed by atoms with van der Waals surface area (Å²) >= 11 is 0. The molecular weight excluding hydrogens is 258 g/mol. The van der Waals surface area contributed by atoms with Crippen LogP contribution in [0.25, 0.3) is 33.1 Å². The zero-order valence-electron chi connectivity index (χ0n) is 12.2. The number of benzene rings is 2. The Bertz CT molecular complexity index is 959. The Hall–Kier alpha value is -2.68. The molecule has 0 saturated carbocycles. The minimum Gasteiger partial charge on any atom is -0.342 e. The molecule has 0 aliphatic carbocycles. The van der Waals surface area contributed by atoms with Crippen LogP contribution in [-0.4, -0.2) is 9.24 Å². The maximum absolute atomic E-state index is 6.36. The van der Waals surface area contributed by atoms with E-state index >= 15 is 0 Å². The van der Waals surface area contributed by atoms with Crippen molar-refractivity contribution in [1.82, 2.24) is 9.24 Å². The minimum atomic E-state index is 1.09. The predicted octanol–water partition coefficient (Wildman–Crippen LogP) is 3.82. The van der Waals surface area contributed by atoms with E-state index in [0.29, 0.717) is 0 Å². The summed E-state index contributed by atoms with van der Waals surface area (Å²) in [6.45, 7) is 2.08. The third kappa shape index (κ3) is 1.49. The zero-order valence-corrected chi connectivity index (χ0v) is 12.2. The molecule has 0 spiro atoms. The summed E-state index contributed by atoms with van der Waals surface area (Å²) in [6.07, 6.45) is 0. The van der Waals surface area contributed by atoms with Gasteiger partial charge in [-0.15, -0.1) is 0 Å². The number of nitrogen functional groups attached to an aromatic ring is 1. The number of para-hydroxylation sites is 1. The van der Waals surface area contributed by atoms with Crippen molar-refractivity contribution in [2.75, 3.05) is 5.84 Å². The topological polar surface area (TPSA) is 35.9 Å². The molecule has 2 N–H and O–H groups in total. The normalized spacial score (nSPS) is 11.5. The van der Waals surface area contributed by atoms with E-state index in [1.807, 2.05) is 10.7 Å². The van der Waals surface area contributed by atoms with Gasteiger partial charge in [-0.05, 0) is 18.6 Å². The van der Waals surface area contributed by atoms with Gasteiger partial charge in [-0.2, -0.15) is 0 Å². The average Bonchev–Trinajstić information content (AvgIpc) is 2.95. The van der Waals surface area contributed by atoms with Gasteiger partial charge in [0.05, 0.1) is 16.6 Å². The van der Waals surface area contributed by atoms with Crippen LogP contribution in [0.4, 0.5) is 0 Å². The molecule has 3 nitrogen and oxygen atoms in total. The Kier molecular flexibility index (Phi) is 2.39. The van der Waals surface area contributed by atoms with Gasteiger partial charge in [0.2, 0.25) is 0 Å². The first-order chi connectivity index (χ1) is 10.2. The molecule has 0 fully saturated rings. The Morgan fingerprint density at radius 3 is 2.29 bits per heavy atom. The molecule has 0 bridgehead atoms. The first kappa shape index (κ1) is 12.1. The van der Waals surface area contributed by atoms with Crippen LogP contribution < -0.4 is 5.84 Å². The molecule has 4 rings (SSSR count). The first-order valence-electron chi connectivity index (χ1n) is 7.09.